The van der Waals surface area contributed by atoms with Gasteiger partial charge in [0, 0.05) is 17.3 Å². The Hall–Kier alpha value is -2.96. The number of thiophene rings is 1. The number of anilines is 1. The van der Waals surface area contributed by atoms with Crippen LogP contribution in [0.15, 0.2) is 29.4 Å². The molecule has 31 heavy (non-hydrogen) atoms. The summed E-state index contributed by atoms with van der Waals surface area (Å²) in [4.78, 5) is 18.7. The number of rotatable bonds is 4. The molecular weight excluding hydrogens is 428 g/mol. The number of carbonyl (C=O) groups excluding carboxylic acids is 1. The molecule has 0 bridgehead atoms. The van der Waals surface area contributed by atoms with E-state index in [9.17, 15) is 10.1 Å². The third-order valence-electron chi connectivity index (χ3n) is 5.66. The second kappa shape index (κ2) is 7.94. The molecule has 0 fully saturated rings. The number of para-hydroxylation sites is 1. The van der Waals surface area contributed by atoms with Crippen molar-refractivity contribution >= 4 is 56.1 Å². The molecule has 1 aliphatic carbocycles. The number of amides is 1. The molecule has 1 amide bonds. The van der Waals surface area contributed by atoms with Crippen LogP contribution < -0.4 is 5.32 Å². The van der Waals surface area contributed by atoms with Crippen LogP contribution >= 0.6 is 23.1 Å². The first-order valence-electron chi connectivity index (χ1n) is 10.2. The maximum atomic E-state index is 12.9. The second-order valence-corrected chi connectivity index (χ2v) is 10.0. The maximum absolute atomic E-state index is 12.9. The summed E-state index contributed by atoms with van der Waals surface area (Å²) in [5.41, 5.74) is 4.27. The minimum Gasteiger partial charge on any atom is -0.327 e. The van der Waals surface area contributed by atoms with Gasteiger partial charge in [0.05, 0.1) is 16.3 Å². The molecule has 9 heteroatoms. The van der Waals surface area contributed by atoms with E-state index in [-0.39, 0.29) is 5.91 Å². The summed E-state index contributed by atoms with van der Waals surface area (Å²) in [6.45, 7) is 1.81. The number of hydrogen-bond donors (Lipinski definition) is 1. The minimum absolute atomic E-state index is 0.166. The van der Waals surface area contributed by atoms with E-state index in [1.165, 1.54) is 28.0 Å². The number of nitrogens with one attached hydrogen (secondary N) is 1. The van der Waals surface area contributed by atoms with Gasteiger partial charge >= 0.3 is 0 Å². The fourth-order valence-electron chi connectivity index (χ4n) is 4.04. The van der Waals surface area contributed by atoms with Crippen molar-refractivity contribution in [2.45, 2.75) is 43.0 Å². The van der Waals surface area contributed by atoms with Crippen LogP contribution in [0.4, 0.5) is 5.00 Å². The van der Waals surface area contributed by atoms with Gasteiger partial charge in [-0.3, -0.25) is 4.79 Å². The number of nitrogens with zero attached hydrogens (tertiary/aromatic N) is 5. The molecule has 0 unspecified atom stereocenters. The summed E-state index contributed by atoms with van der Waals surface area (Å²) in [5.74, 6) is -0.166. The summed E-state index contributed by atoms with van der Waals surface area (Å²) < 4.78 is 1.99. The predicted molar refractivity (Wildman–Crippen MR) is 123 cm³/mol. The zero-order valence-corrected chi connectivity index (χ0v) is 18.8. The van der Waals surface area contributed by atoms with Crippen LogP contribution in [0.3, 0.4) is 0 Å². The van der Waals surface area contributed by atoms with E-state index in [1.807, 2.05) is 42.8 Å². The monoisotopic (exact) mass is 448 g/mol. The number of hydrogen-bond acceptors (Lipinski definition) is 7. The minimum atomic E-state index is -0.431. The van der Waals surface area contributed by atoms with Crippen molar-refractivity contribution in [3.63, 3.8) is 0 Å². The number of aryl methyl sites for hydroxylation is 2. The van der Waals surface area contributed by atoms with E-state index in [4.69, 9.17) is 0 Å². The number of thioether (sulfide) groups is 1. The van der Waals surface area contributed by atoms with Crippen molar-refractivity contribution in [1.29, 1.82) is 5.26 Å². The van der Waals surface area contributed by atoms with Crippen LogP contribution in [0, 0.1) is 11.3 Å². The van der Waals surface area contributed by atoms with E-state index < -0.39 is 5.25 Å². The second-order valence-electron chi connectivity index (χ2n) is 7.62. The van der Waals surface area contributed by atoms with E-state index in [0.29, 0.717) is 15.7 Å². The highest BCUT2D eigenvalue weighted by atomic mass is 32.2. The van der Waals surface area contributed by atoms with E-state index in [0.717, 1.165) is 53.3 Å². The van der Waals surface area contributed by atoms with Gasteiger partial charge in [0.15, 0.2) is 5.65 Å². The standard InChI is InChI=1S/C22H20N6OS2/c1-12(20(29)25-21-15(11-23)13-7-4-6-10-17(13)31-21)30-22-24-19-18(26-27-22)14-8-3-5-9-16(14)28(19)2/h3,5,8-9,12H,4,6-7,10H2,1-2H3,(H,25,29)/t12-/m1/s1. The molecule has 1 atom stereocenters. The van der Waals surface area contributed by atoms with Crippen LogP contribution in [0.5, 0.6) is 0 Å². The average Bonchev–Trinajstić information content (AvgIpc) is 3.28. The van der Waals surface area contributed by atoms with Gasteiger partial charge in [-0.15, -0.1) is 21.5 Å². The van der Waals surface area contributed by atoms with Gasteiger partial charge in [0.2, 0.25) is 11.1 Å². The van der Waals surface area contributed by atoms with E-state index in [1.54, 1.807) is 0 Å². The third-order valence-corrected chi connectivity index (χ3v) is 7.82. The summed E-state index contributed by atoms with van der Waals surface area (Å²) in [7, 11) is 1.95. The van der Waals surface area contributed by atoms with Gasteiger partial charge in [-0.2, -0.15) is 5.26 Å². The van der Waals surface area contributed by atoms with Crippen molar-refractivity contribution in [3.05, 3.63) is 40.3 Å². The van der Waals surface area contributed by atoms with Crippen molar-refractivity contribution in [2.24, 2.45) is 7.05 Å². The molecule has 1 N–H and O–H groups in total. The highest BCUT2D eigenvalue weighted by molar-refractivity contribution is 8.00. The average molecular weight is 449 g/mol. The maximum Gasteiger partial charge on any atom is 0.238 e. The zero-order chi connectivity index (χ0) is 21.5. The fraction of sp³-hybridized carbons (Fsp3) is 0.318. The van der Waals surface area contributed by atoms with E-state index >= 15 is 0 Å². The largest absolute Gasteiger partial charge is 0.327 e. The Bertz CT molecular complexity index is 1370. The topological polar surface area (TPSA) is 96.5 Å². The first-order chi connectivity index (χ1) is 15.1. The first-order valence-corrected chi connectivity index (χ1v) is 11.9. The lowest BCUT2D eigenvalue weighted by atomic mass is 9.96. The Morgan fingerprint density at radius 3 is 2.94 bits per heavy atom. The first kappa shape index (κ1) is 20.0. The Morgan fingerprint density at radius 1 is 1.29 bits per heavy atom. The lowest BCUT2D eigenvalue weighted by molar-refractivity contribution is -0.115. The normalized spacial score (nSPS) is 14.4. The summed E-state index contributed by atoms with van der Waals surface area (Å²) in [6.07, 6.45) is 4.14. The highest BCUT2D eigenvalue weighted by Gasteiger charge is 2.24. The predicted octanol–water partition coefficient (Wildman–Crippen LogP) is 4.45. The lowest BCUT2D eigenvalue weighted by Gasteiger charge is -2.10. The molecule has 3 heterocycles. The number of carbonyl (C=O) groups is 1. The lowest BCUT2D eigenvalue weighted by Crippen LogP contribution is -2.22. The number of aromatic nitrogens is 4. The number of fused-ring (bicyclic) bond motifs is 4. The quantitative estimate of drug-likeness (QED) is 0.464. The van der Waals surface area contributed by atoms with Gasteiger partial charge in [-0.1, -0.05) is 30.0 Å². The molecule has 0 aliphatic heterocycles. The van der Waals surface area contributed by atoms with Gasteiger partial charge in [0.25, 0.3) is 0 Å². The molecule has 4 aromatic rings. The molecule has 0 radical (unpaired) electrons. The highest BCUT2D eigenvalue weighted by Crippen LogP contribution is 2.38. The molecule has 1 aromatic carbocycles. The van der Waals surface area contributed by atoms with Crippen molar-refractivity contribution in [1.82, 2.24) is 19.7 Å². The van der Waals surface area contributed by atoms with Crippen LogP contribution in [0.2, 0.25) is 0 Å². The van der Waals surface area contributed by atoms with Gasteiger partial charge in [0.1, 0.15) is 16.6 Å². The molecule has 0 saturated carbocycles. The molecule has 7 nitrogen and oxygen atoms in total. The smallest absolute Gasteiger partial charge is 0.238 e. The molecule has 1 aliphatic rings. The summed E-state index contributed by atoms with van der Waals surface area (Å²) >= 11 is 2.80. The molecular formula is C22H20N6OS2. The molecule has 156 valence electrons. The Balaban J connectivity index is 1.37. The third kappa shape index (κ3) is 3.46. The Labute approximate surface area is 187 Å². The Morgan fingerprint density at radius 2 is 2.10 bits per heavy atom. The van der Waals surface area contributed by atoms with Crippen LogP contribution in [0.25, 0.3) is 22.1 Å². The van der Waals surface area contributed by atoms with Crippen LogP contribution in [0.1, 0.15) is 35.8 Å². The van der Waals surface area contributed by atoms with Crippen molar-refractivity contribution in [3.8, 4) is 6.07 Å². The van der Waals surface area contributed by atoms with Crippen LogP contribution in [-0.2, 0) is 24.7 Å². The molecule has 5 rings (SSSR count). The van der Waals surface area contributed by atoms with Gasteiger partial charge < -0.3 is 9.88 Å². The number of benzene rings is 1. The summed E-state index contributed by atoms with van der Waals surface area (Å²) in [6, 6.07) is 10.3. The van der Waals surface area contributed by atoms with Crippen molar-refractivity contribution < 1.29 is 4.79 Å². The summed E-state index contributed by atoms with van der Waals surface area (Å²) in [5, 5.41) is 22.9. The molecule has 0 saturated heterocycles. The van der Waals surface area contributed by atoms with Gasteiger partial charge in [-0.25, -0.2) is 4.98 Å². The SMILES string of the molecule is C[C@@H](Sc1nnc2c3ccccc3n(C)c2n1)C(=O)Nc1sc2c(c1C#N)CCCC2. The van der Waals surface area contributed by atoms with Crippen LogP contribution in [-0.4, -0.2) is 30.9 Å². The Kier molecular flexibility index (Phi) is 5.12. The fourth-order valence-corrected chi connectivity index (χ4v) is 5.99. The van der Waals surface area contributed by atoms with Crippen molar-refractivity contribution in [2.75, 3.05) is 5.32 Å². The van der Waals surface area contributed by atoms with E-state index in [2.05, 4.69) is 26.6 Å². The van der Waals surface area contributed by atoms with Gasteiger partial charge in [-0.05, 0) is 44.2 Å². The molecule has 0 spiro atoms. The zero-order valence-electron chi connectivity index (χ0n) is 17.2. The number of nitriles is 1. The molecule has 3 aromatic heterocycles.